The first kappa shape index (κ1) is 22.0. The zero-order valence-electron chi connectivity index (χ0n) is 16.0. The van der Waals surface area contributed by atoms with Crippen LogP contribution in [0.2, 0.25) is 0 Å². The number of hydrogen-bond acceptors (Lipinski definition) is 9. The van der Waals surface area contributed by atoms with Gasteiger partial charge in [-0.05, 0) is 41.5 Å². The molecule has 0 saturated heterocycles. The predicted octanol–water partition coefficient (Wildman–Crippen LogP) is 0.794. The Hall–Kier alpha value is -1.00. The standard InChI is InChI=1S/C16H32N4O4S/c1-15(2,3)17-7-11(21)9-23-13-14(20-25-19-13)24-10-12(22)8-18-16(4,5)6/h11-12,17-18,21-22H,7-10H2,1-6H3. The average Bonchev–Trinajstić information content (AvgIpc) is 2.92. The molecule has 0 spiro atoms. The summed E-state index contributed by atoms with van der Waals surface area (Å²) in [5, 5.41) is 26.3. The predicted molar refractivity (Wildman–Crippen MR) is 98.4 cm³/mol. The number of aliphatic hydroxyl groups is 2. The summed E-state index contributed by atoms with van der Waals surface area (Å²) in [6.07, 6.45) is -1.34. The first-order chi connectivity index (χ1) is 11.5. The average molecular weight is 377 g/mol. The second-order valence-corrected chi connectivity index (χ2v) is 8.59. The summed E-state index contributed by atoms with van der Waals surface area (Å²) in [6, 6.07) is 0. The molecule has 0 radical (unpaired) electrons. The minimum atomic E-state index is -0.671. The topological polar surface area (TPSA) is 109 Å². The van der Waals surface area contributed by atoms with Gasteiger partial charge in [-0.25, -0.2) is 0 Å². The van der Waals surface area contributed by atoms with Gasteiger partial charge >= 0.3 is 0 Å². The summed E-state index contributed by atoms with van der Waals surface area (Å²) in [7, 11) is 0. The molecule has 1 heterocycles. The Morgan fingerprint density at radius 1 is 0.840 bits per heavy atom. The third kappa shape index (κ3) is 10.6. The maximum atomic E-state index is 9.95. The lowest BCUT2D eigenvalue weighted by atomic mass is 10.1. The van der Waals surface area contributed by atoms with Gasteiger partial charge in [-0.3, -0.25) is 0 Å². The Balaban J connectivity index is 2.36. The van der Waals surface area contributed by atoms with Gasteiger partial charge in [0.1, 0.15) is 25.4 Å². The maximum absolute atomic E-state index is 9.95. The molecule has 0 aliphatic heterocycles. The van der Waals surface area contributed by atoms with Crippen molar-refractivity contribution in [2.45, 2.75) is 64.8 Å². The third-order valence-electron chi connectivity index (χ3n) is 2.99. The molecule has 2 unspecified atom stereocenters. The largest absolute Gasteiger partial charge is 0.470 e. The summed E-state index contributed by atoms with van der Waals surface area (Å²) < 4.78 is 19.0. The van der Waals surface area contributed by atoms with Crippen molar-refractivity contribution >= 4 is 11.7 Å². The molecular weight excluding hydrogens is 344 g/mol. The lowest BCUT2D eigenvalue weighted by Crippen LogP contribution is -2.42. The fourth-order valence-corrected chi connectivity index (χ4v) is 2.12. The number of ether oxygens (including phenoxy) is 2. The Labute approximate surface area is 154 Å². The van der Waals surface area contributed by atoms with E-state index < -0.39 is 12.2 Å². The van der Waals surface area contributed by atoms with Gasteiger partial charge in [0.2, 0.25) is 0 Å². The van der Waals surface area contributed by atoms with Gasteiger partial charge in [0.15, 0.2) is 0 Å². The van der Waals surface area contributed by atoms with Gasteiger partial charge in [-0.2, -0.15) is 0 Å². The molecule has 1 aromatic rings. The zero-order chi connectivity index (χ0) is 19.1. The summed E-state index contributed by atoms with van der Waals surface area (Å²) in [4.78, 5) is 0. The molecule has 9 heteroatoms. The molecule has 2 atom stereocenters. The van der Waals surface area contributed by atoms with Crippen LogP contribution in [0.1, 0.15) is 41.5 Å². The van der Waals surface area contributed by atoms with Gasteiger partial charge < -0.3 is 30.3 Å². The van der Waals surface area contributed by atoms with E-state index in [9.17, 15) is 10.2 Å². The quantitative estimate of drug-likeness (QED) is 0.475. The lowest BCUT2D eigenvalue weighted by Gasteiger charge is -2.23. The van der Waals surface area contributed by atoms with Crippen LogP contribution in [0.15, 0.2) is 0 Å². The molecule has 0 aliphatic rings. The molecule has 8 nitrogen and oxygen atoms in total. The molecule has 0 amide bonds. The molecule has 1 aromatic heterocycles. The Morgan fingerprint density at radius 2 is 1.20 bits per heavy atom. The molecule has 146 valence electrons. The van der Waals surface area contributed by atoms with E-state index >= 15 is 0 Å². The number of hydrogen-bond donors (Lipinski definition) is 4. The van der Waals surface area contributed by atoms with Crippen LogP contribution in [0.3, 0.4) is 0 Å². The summed E-state index contributed by atoms with van der Waals surface area (Å²) in [5.74, 6) is 0.464. The SMILES string of the molecule is CC(C)(C)NCC(O)COc1nsnc1OCC(O)CNC(C)(C)C. The molecule has 1 rings (SSSR count). The molecule has 0 aromatic carbocycles. The van der Waals surface area contributed by atoms with Crippen LogP contribution in [0, 0.1) is 0 Å². The third-order valence-corrected chi connectivity index (χ3v) is 3.49. The van der Waals surface area contributed by atoms with Crippen LogP contribution in [0.25, 0.3) is 0 Å². The van der Waals surface area contributed by atoms with Crippen molar-refractivity contribution < 1.29 is 19.7 Å². The second-order valence-electron chi connectivity index (χ2n) is 8.07. The van der Waals surface area contributed by atoms with E-state index in [1.807, 2.05) is 41.5 Å². The number of nitrogens with zero attached hydrogens (tertiary/aromatic N) is 2. The van der Waals surface area contributed by atoms with Crippen LogP contribution in [0.4, 0.5) is 0 Å². The van der Waals surface area contributed by atoms with Crippen molar-refractivity contribution in [3.8, 4) is 11.8 Å². The summed E-state index contributed by atoms with van der Waals surface area (Å²) in [6.45, 7) is 13.1. The highest BCUT2D eigenvalue weighted by atomic mass is 32.1. The first-order valence-electron chi connectivity index (χ1n) is 8.40. The number of rotatable bonds is 10. The number of aliphatic hydroxyl groups excluding tert-OH is 2. The van der Waals surface area contributed by atoms with Crippen LogP contribution >= 0.6 is 11.7 Å². The Kier molecular flexibility index (Phi) is 8.49. The molecular formula is C16H32N4O4S. The Morgan fingerprint density at radius 3 is 1.52 bits per heavy atom. The normalized spacial score (nSPS) is 15.0. The highest BCUT2D eigenvalue weighted by molar-refractivity contribution is 6.99. The van der Waals surface area contributed by atoms with Crippen molar-refractivity contribution in [2.24, 2.45) is 0 Å². The molecule has 0 fully saturated rings. The number of aromatic nitrogens is 2. The van der Waals surface area contributed by atoms with Crippen LogP contribution < -0.4 is 20.1 Å². The molecule has 0 aliphatic carbocycles. The van der Waals surface area contributed by atoms with Crippen molar-refractivity contribution in [3.63, 3.8) is 0 Å². The Bertz CT molecular complexity index is 457. The van der Waals surface area contributed by atoms with Crippen LogP contribution in [-0.2, 0) is 0 Å². The van der Waals surface area contributed by atoms with E-state index in [2.05, 4.69) is 19.4 Å². The molecule has 4 N–H and O–H groups in total. The monoisotopic (exact) mass is 376 g/mol. The van der Waals surface area contributed by atoms with Gasteiger partial charge in [-0.15, -0.1) is 8.75 Å². The van der Waals surface area contributed by atoms with E-state index in [4.69, 9.17) is 9.47 Å². The fraction of sp³-hybridized carbons (Fsp3) is 0.875. The van der Waals surface area contributed by atoms with Crippen LogP contribution in [-0.4, -0.2) is 68.5 Å². The zero-order valence-corrected chi connectivity index (χ0v) is 16.8. The number of β-amino-alcohol motifs (C(OH)–C–C–N with tert-alkyl or cyclic N) is 2. The van der Waals surface area contributed by atoms with E-state index in [-0.39, 0.29) is 36.1 Å². The van der Waals surface area contributed by atoms with E-state index in [1.165, 1.54) is 0 Å². The highest BCUT2D eigenvalue weighted by Gasteiger charge is 2.18. The second kappa shape index (κ2) is 9.63. The lowest BCUT2D eigenvalue weighted by molar-refractivity contribution is 0.0843. The summed E-state index contributed by atoms with van der Waals surface area (Å²) >= 11 is 0.960. The molecule has 25 heavy (non-hydrogen) atoms. The van der Waals surface area contributed by atoms with Crippen molar-refractivity contribution in [1.82, 2.24) is 19.4 Å². The van der Waals surface area contributed by atoms with Crippen LogP contribution in [0.5, 0.6) is 11.8 Å². The van der Waals surface area contributed by atoms with E-state index in [0.717, 1.165) is 11.7 Å². The van der Waals surface area contributed by atoms with Gasteiger partial charge in [-0.1, -0.05) is 0 Å². The van der Waals surface area contributed by atoms with Gasteiger partial charge in [0, 0.05) is 24.2 Å². The van der Waals surface area contributed by atoms with Crippen molar-refractivity contribution in [1.29, 1.82) is 0 Å². The first-order valence-corrected chi connectivity index (χ1v) is 9.13. The van der Waals surface area contributed by atoms with E-state index in [0.29, 0.717) is 13.1 Å². The molecule has 0 bridgehead atoms. The van der Waals surface area contributed by atoms with Gasteiger partial charge in [0.25, 0.3) is 11.8 Å². The minimum Gasteiger partial charge on any atom is -0.470 e. The summed E-state index contributed by atoms with van der Waals surface area (Å²) in [5.41, 5.74) is -0.149. The van der Waals surface area contributed by atoms with Gasteiger partial charge in [0.05, 0.1) is 11.7 Å². The van der Waals surface area contributed by atoms with Crippen molar-refractivity contribution in [2.75, 3.05) is 26.3 Å². The van der Waals surface area contributed by atoms with Crippen molar-refractivity contribution in [3.05, 3.63) is 0 Å². The minimum absolute atomic E-state index is 0.0747. The number of nitrogens with one attached hydrogen (secondary N) is 2. The smallest absolute Gasteiger partial charge is 0.291 e. The molecule has 0 saturated carbocycles. The highest BCUT2D eigenvalue weighted by Crippen LogP contribution is 2.24. The maximum Gasteiger partial charge on any atom is 0.291 e. The van der Waals surface area contributed by atoms with E-state index in [1.54, 1.807) is 0 Å². The fourth-order valence-electron chi connectivity index (χ4n) is 1.66.